The van der Waals surface area contributed by atoms with Crippen LogP contribution in [0.3, 0.4) is 0 Å². The first kappa shape index (κ1) is 16.8. The SMILES string of the molecule is Cc1cc(Cl)ccc1N(CC(=O)NC(C)C)S(C)(=O)=O. The maximum Gasteiger partial charge on any atom is 0.240 e. The van der Waals surface area contributed by atoms with Gasteiger partial charge in [-0.15, -0.1) is 0 Å². The lowest BCUT2D eigenvalue weighted by atomic mass is 10.2. The van der Waals surface area contributed by atoms with Gasteiger partial charge >= 0.3 is 0 Å². The van der Waals surface area contributed by atoms with Crippen LogP contribution in [-0.4, -0.2) is 33.2 Å². The van der Waals surface area contributed by atoms with Crippen molar-refractivity contribution in [1.82, 2.24) is 5.32 Å². The van der Waals surface area contributed by atoms with Crippen molar-refractivity contribution in [2.24, 2.45) is 0 Å². The van der Waals surface area contributed by atoms with Gasteiger partial charge in [0.05, 0.1) is 11.9 Å². The van der Waals surface area contributed by atoms with E-state index < -0.39 is 10.0 Å². The van der Waals surface area contributed by atoms with E-state index in [4.69, 9.17) is 11.6 Å². The largest absolute Gasteiger partial charge is 0.352 e. The summed E-state index contributed by atoms with van der Waals surface area (Å²) in [7, 11) is -3.55. The van der Waals surface area contributed by atoms with Crippen LogP contribution in [0.1, 0.15) is 19.4 Å². The zero-order chi connectivity index (χ0) is 15.5. The fourth-order valence-electron chi connectivity index (χ4n) is 1.78. The van der Waals surface area contributed by atoms with Crippen molar-refractivity contribution in [3.05, 3.63) is 28.8 Å². The number of amides is 1. The van der Waals surface area contributed by atoms with Gasteiger partial charge in [-0.2, -0.15) is 0 Å². The van der Waals surface area contributed by atoms with Crippen LogP contribution >= 0.6 is 11.6 Å². The number of hydrogen-bond donors (Lipinski definition) is 1. The predicted molar refractivity (Wildman–Crippen MR) is 81.7 cm³/mol. The van der Waals surface area contributed by atoms with Crippen molar-refractivity contribution in [2.75, 3.05) is 17.1 Å². The number of nitrogens with one attached hydrogen (secondary N) is 1. The molecule has 5 nitrogen and oxygen atoms in total. The molecule has 20 heavy (non-hydrogen) atoms. The van der Waals surface area contributed by atoms with Crippen molar-refractivity contribution in [2.45, 2.75) is 26.8 Å². The Bertz CT molecular complexity index is 600. The molecule has 0 atom stereocenters. The first-order valence-corrected chi connectivity index (χ1v) is 8.37. The molecule has 0 saturated heterocycles. The zero-order valence-electron chi connectivity index (χ0n) is 12.0. The smallest absolute Gasteiger partial charge is 0.240 e. The Morgan fingerprint density at radius 3 is 2.45 bits per heavy atom. The van der Waals surface area contributed by atoms with E-state index in [1.54, 1.807) is 25.1 Å². The Hall–Kier alpha value is -1.27. The Kier molecular flexibility index (Phi) is 5.42. The molecule has 0 unspecified atom stereocenters. The predicted octanol–water partition coefficient (Wildman–Crippen LogP) is 1.94. The van der Waals surface area contributed by atoms with Crippen molar-refractivity contribution in [1.29, 1.82) is 0 Å². The molecule has 0 bridgehead atoms. The van der Waals surface area contributed by atoms with Gasteiger partial charge in [0.1, 0.15) is 6.54 Å². The van der Waals surface area contributed by atoms with E-state index in [-0.39, 0.29) is 18.5 Å². The molecule has 0 saturated carbocycles. The fraction of sp³-hybridized carbons (Fsp3) is 0.462. The van der Waals surface area contributed by atoms with Gasteiger partial charge in [-0.1, -0.05) is 11.6 Å². The Balaban J connectivity index is 3.11. The molecule has 0 aliphatic rings. The number of carbonyl (C=O) groups excluding carboxylic acids is 1. The third kappa shape index (κ3) is 4.68. The number of nitrogens with zero attached hydrogens (tertiary/aromatic N) is 1. The van der Waals surface area contributed by atoms with Gasteiger partial charge in [0.25, 0.3) is 0 Å². The van der Waals surface area contributed by atoms with Crippen molar-refractivity contribution < 1.29 is 13.2 Å². The summed E-state index contributed by atoms with van der Waals surface area (Å²) in [6, 6.07) is 4.81. The van der Waals surface area contributed by atoms with Crippen molar-refractivity contribution in [3.63, 3.8) is 0 Å². The number of rotatable bonds is 5. The second-order valence-corrected chi connectivity index (χ2v) is 7.27. The summed E-state index contributed by atoms with van der Waals surface area (Å²) in [6.07, 6.45) is 1.07. The molecule has 0 spiro atoms. The van der Waals surface area contributed by atoms with Gasteiger partial charge in [0.15, 0.2) is 0 Å². The summed E-state index contributed by atoms with van der Waals surface area (Å²) in [6.45, 7) is 5.13. The van der Waals surface area contributed by atoms with Gasteiger partial charge in [-0.25, -0.2) is 8.42 Å². The van der Waals surface area contributed by atoms with Crippen LogP contribution in [0.25, 0.3) is 0 Å². The highest BCUT2D eigenvalue weighted by Crippen LogP contribution is 2.25. The second kappa shape index (κ2) is 6.45. The van der Waals surface area contributed by atoms with Crippen molar-refractivity contribution in [3.8, 4) is 0 Å². The van der Waals surface area contributed by atoms with Crippen LogP contribution in [-0.2, 0) is 14.8 Å². The number of anilines is 1. The summed E-state index contributed by atoms with van der Waals surface area (Å²) in [5.41, 5.74) is 1.15. The normalized spacial score (nSPS) is 11.5. The van der Waals surface area contributed by atoms with Gasteiger partial charge in [0, 0.05) is 11.1 Å². The minimum absolute atomic E-state index is 0.0461. The van der Waals surface area contributed by atoms with E-state index in [0.29, 0.717) is 16.3 Å². The van der Waals surface area contributed by atoms with Crippen molar-refractivity contribution >= 4 is 33.2 Å². The van der Waals surface area contributed by atoms with E-state index in [9.17, 15) is 13.2 Å². The van der Waals surface area contributed by atoms with Crippen LogP contribution in [0.15, 0.2) is 18.2 Å². The van der Waals surface area contributed by atoms with Crippen LogP contribution in [0.5, 0.6) is 0 Å². The molecular formula is C13H19ClN2O3S. The Morgan fingerprint density at radius 2 is 2.00 bits per heavy atom. The van der Waals surface area contributed by atoms with Crippen LogP contribution in [0.2, 0.25) is 5.02 Å². The number of aryl methyl sites for hydroxylation is 1. The maximum atomic E-state index is 11.9. The molecule has 112 valence electrons. The molecule has 1 N–H and O–H groups in total. The van der Waals surface area contributed by atoms with Crippen LogP contribution in [0, 0.1) is 6.92 Å². The molecule has 1 aromatic carbocycles. The van der Waals surface area contributed by atoms with Gasteiger partial charge in [-0.3, -0.25) is 9.10 Å². The van der Waals surface area contributed by atoms with E-state index in [1.165, 1.54) is 0 Å². The zero-order valence-corrected chi connectivity index (χ0v) is 13.5. The molecule has 0 heterocycles. The summed E-state index contributed by atoms with van der Waals surface area (Å²) >= 11 is 5.86. The molecule has 1 amide bonds. The van der Waals surface area contributed by atoms with Crippen LogP contribution < -0.4 is 9.62 Å². The standard InChI is InChI=1S/C13H19ClN2O3S/c1-9(2)15-13(17)8-16(20(4,18)19)12-6-5-11(14)7-10(12)3/h5-7,9H,8H2,1-4H3,(H,15,17). The van der Waals surface area contributed by atoms with E-state index in [1.807, 2.05) is 13.8 Å². The summed E-state index contributed by atoms with van der Waals surface area (Å²) in [4.78, 5) is 11.8. The van der Waals surface area contributed by atoms with Crippen LogP contribution in [0.4, 0.5) is 5.69 Å². The minimum atomic E-state index is -3.55. The lowest BCUT2D eigenvalue weighted by Crippen LogP contribution is -2.42. The molecule has 0 fully saturated rings. The number of benzene rings is 1. The first-order valence-electron chi connectivity index (χ1n) is 6.14. The Labute approximate surface area is 125 Å². The number of hydrogen-bond acceptors (Lipinski definition) is 3. The lowest BCUT2D eigenvalue weighted by Gasteiger charge is -2.24. The highest BCUT2D eigenvalue weighted by molar-refractivity contribution is 7.92. The molecule has 1 rings (SSSR count). The molecule has 0 aliphatic heterocycles. The lowest BCUT2D eigenvalue weighted by molar-refractivity contribution is -0.120. The minimum Gasteiger partial charge on any atom is -0.352 e. The monoisotopic (exact) mass is 318 g/mol. The van der Waals surface area contributed by atoms with E-state index >= 15 is 0 Å². The molecule has 0 aromatic heterocycles. The molecule has 1 aromatic rings. The Morgan fingerprint density at radius 1 is 1.40 bits per heavy atom. The topological polar surface area (TPSA) is 66.5 Å². The molecule has 0 aliphatic carbocycles. The quantitative estimate of drug-likeness (QED) is 0.902. The van der Waals surface area contributed by atoms with Gasteiger partial charge in [-0.05, 0) is 44.5 Å². The third-order valence-electron chi connectivity index (χ3n) is 2.56. The fourth-order valence-corrected chi connectivity index (χ4v) is 2.92. The van der Waals surface area contributed by atoms with E-state index in [0.717, 1.165) is 10.6 Å². The summed E-state index contributed by atoms with van der Waals surface area (Å²) in [5.74, 6) is -0.347. The van der Waals surface area contributed by atoms with Gasteiger partial charge < -0.3 is 5.32 Å². The number of halogens is 1. The summed E-state index contributed by atoms with van der Waals surface area (Å²) in [5, 5.41) is 3.19. The third-order valence-corrected chi connectivity index (χ3v) is 3.93. The summed E-state index contributed by atoms with van der Waals surface area (Å²) < 4.78 is 24.9. The number of sulfonamides is 1. The average Bonchev–Trinajstić information content (AvgIpc) is 2.24. The molecule has 7 heteroatoms. The maximum absolute atomic E-state index is 11.9. The second-order valence-electron chi connectivity index (χ2n) is 4.92. The van der Waals surface area contributed by atoms with E-state index in [2.05, 4.69) is 5.32 Å². The molecule has 0 radical (unpaired) electrons. The van der Waals surface area contributed by atoms with Gasteiger partial charge in [0.2, 0.25) is 15.9 Å². The highest BCUT2D eigenvalue weighted by Gasteiger charge is 2.22. The highest BCUT2D eigenvalue weighted by atomic mass is 35.5. The molecular weight excluding hydrogens is 300 g/mol. The average molecular weight is 319 g/mol. The number of carbonyl (C=O) groups is 1. The first-order chi connectivity index (χ1) is 9.11.